The number of hydrogen-bond donors (Lipinski definition) is 0. The first kappa shape index (κ1) is 53.6. The molecule has 0 N–H and O–H groups in total. The molecular formula is C77H70F2N2O2. The van der Waals surface area contributed by atoms with Gasteiger partial charge in [-0.1, -0.05) is 192 Å². The van der Waals surface area contributed by atoms with Crippen molar-refractivity contribution < 1.29 is 17.6 Å². The van der Waals surface area contributed by atoms with Gasteiger partial charge in [-0.3, -0.25) is 0 Å². The van der Waals surface area contributed by atoms with Crippen LogP contribution in [0, 0.1) is 11.6 Å². The maximum atomic E-state index is 15.8. The van der Waals surface area contributed by atoms with Gasteiger partial charge in [-0.05, 0) is 163 Å². The smallest absolute Gasteiger partial charge is 0.160 e. The number of benzene rings is 10. The highest BCUT2D eigenvalue weighted by Crippen LogP contribution is 2.64. The fourth-order valence-electron chi connectivity index (χ4n) is 12.8. The van der Waals surface area contributed by atoms with E-state index in [4.69, 9.17) is 8.83 Å². The molecule has 0 saturated heterocycles. The van der Waals surface area contributed by atoms with Gasteiger partial charge in [-0.25, -0.2) is 8.78 Å². The number of para-hydroxylation sites is 2. The minimum absolute atomic E-state index is 0.0855. The van der Waals surface area contributed by atoms with Crippen LogP contribution in [-0.2, 0) is 27.1 Å². The van der Waals surface area contributed by atoms with Gasteiger partial charge in [-0.2, -0.15) is 0 Å². The Hall–Kier alpha value is -8.74. The molecule has 13 rings (SSSR count). The Morgan fingerprint density at radius 2 is 0.663 bits per heavy atom. The normalized spacial score (nSPS) is 13.5. The van der Waals surface area contributed by atoms with E-state index in [0.717, 1.165) is 100 Å². The van der Waals surface area contributed by atoms with Crippen LogP contribution < -0.4 is 9.80 Å². The monoisotopic (exact) mass is 1090 g/mol. The average Bonchev–Trinajstić information content (AvgIpc) is 2.01. The van der Waals surface area contributed by atoms with E-state index >= 15 is 8.78 Å². The molecule has 0 fully saturated rings. The summed E-state index contributed by atoms with van der Waals surface area (Å²) in [5, 5.41) is 3.73. The molecule has 0 saturated carbocycles. The van der Waals surface area contributed by atoms with E-state index in [0.29, 0.717) is 11.2 Å². The molecule has 0 aliphatic heterocycles. The van der Waals surface area contributed by atoms with Gasteiger partial charge in [0, 0.05) is 50.0 Å². The Morgan fingerprint density at radius 3 is 1.05 bits per heavy atom. The Balaban J connectivity index is 1.23. The number of rotatable bonds is 8. The fraction of sp³-hybridized carbons (Fsp3) is 0.221. The van der Waals surface area contributed by atoms with Crippen molar-refractivity contribution in [3.63, 3.8) is 0 Å². The zero-order valence-corrected chi connectivity index (χ0v) is 49.6. The van der Waals surface area contributed by atoms with Crippen molar-refractivity contribution in [1.29, 1.82) is 0 Å². The van der Waals surface area contributed by atoms with Gasteiger partial charge in [0.1, 0.15) is 28.4 Å². The lowest BCUT2D eigenvalue weighted by Crippen LogP contribution is -2.29. The van der Waals surface area contributed by atoms with Crippen LogP contribution in [0.5, 0.6) is 0 Å². The molecule has 414 valence electrons. The van der Waals surface area contributed by atoms with Crippen molar-refractivity contribution in [2.24, 2.45) is 0 Å². The third-order valence-electron chi connectivity index (χ3n) is 17.3. The first-order valence-corrected chi connectivity index (χ1v) is 29.0. The molecule has 2 aromatic heterocycles. The van der Waals surface area contributed by atoms with Crippen LogP contribution in [0.4, 0.5) is 42.9 Å². The molecule has 0 bridgehead atoms. The zero-order valence-electron chi connectivity index (χ0n) is 49.6. The van der Waals surface area contributed by atoms with Crippen LogP contribution >= 0.6 is 0 Å². The Morgan fingerprint density at radius 1 is 0.337 bits per heavy atom. The number of halogens is 2. The van der Waals surface area contributed by atoms with E-state index in [-0.39, 0.29) is 33.3 Å². The van der Waals surface area contributed by atoms with Gasteiger partial charge < -0.3 is 18.6 Å². The summed E-state index contributed by atoms with van der Waals surface area (Å²) in [5.74, 6) is -0.724. The second kappa shape index (κ2) is 19.2. The molecule has 10 aromatic carbocycles. The lowest BCUT2D eigenvalue weighted by atomic mass is 9.67. The number of anilines is 6. The second-order valence-electron chi connectivity index (χ2n) is 26.9. The van der Waals surface area contributed by atoms with Gasteiger partial charge in [-0.15, -0.1) is 0 Å². The van der Waals surface area contributed by atoms with Gasteiger partial charge in [0.25, 0.3) is 0 Å². The summed E-state index contributed by atoms with van der Waals surface area (Å²) in [6.07, 6.45) is 0. The molecule has 4 nitrogen and oxygen atoms in total. The standard InChI is InChI=1S/C77H70F2N2O2/c1-73(2,3)47-25-37-55(38-26-47)80(56-39-27-48(28-40-56)74(4,5)6)63-45-62-70(72-67(63)59-17-13-15-19-65(59)83-72)69-61(77(62,51-21-33-53(78)34-22-51)52-23-35-54(79)36-24-52)46-64(71-68(69)60-18-14-16-20-66(60)82-71)81(57-41-29-49(30-42-57)75(7,8)9)58-43-31-50(32-44-58)76(10,11)12/h13-46H,1-12H3. The topological polar surface area (TPSA) is 32.8 Å². The van der Waals surface area contributed by atoms with E-state index in [2.05, 4.69) is 232 Å². The Labute approximate surface area is 486 Å². The maximum Gasteiger partial charge on any atom is 0.160 e. The SMILES string of the molecule is CC(C)(C)c1ccc(N(c2ccc(C(C)(C)C)cc2)c2cc3c(c4c2oc2ccccc24)-c2c(cc(N(c4ccc(C(C)(C)C)cc4)c4ccc(C(C)(C)C)cc4)c4c2oc2ccccc24)C3(c2ccc(F)cc2)c2ccc(F)cc2)cc1. The van der Waals surface area contributed by atoms with Crippen LogP contribution in [0.1, 0.15) is 128 Å². The summed E-state index contributed by atoms with van der Waals surface area (Å²) < 4.78 is 46.5. The first-order valence-electron chi connectivity index (χ1n) is 29.0. The van der Waals surface area contributed by atoms with Crippen molar-refractivity contribution >= 4 is 78.0 Å². The zero-order chi connectivity index (χ0) is 58.1. The molecule has 1 aliphatic carbocycles. The predicted molar refractivity (Wildman–Crippen MR) is 342 cm³/mol. The van der Waals surface area contributed by atoms with Gasteiger partial charge in [0.2, 0.25) is 0 Å². The lowest BCUT2D eigenvalue weighted by Gasteiger charge is -2.36. The molecular weight excluding hydrogens is 1020 g/mol. The average molecular weight is 1090 g/mol. The van der Waals surface area contributed by atoms with E-state index in [1.807, 2.05) is 42.5 Å². The predicted octanol–water partition coefficient (Wildman–Crippen LogP) is 22.3. The molecule has 6 heteroatoms. The number of hydrogen-bond acceptors (Lipinski definition) is 4. The van der Waals surface area contributed by atoms with Gasteiger partial charge in [0.15, 0.2) is 5.58 Å². The molecule has 83 heavy (non-hydrogen) atoms. The van der Waals surface area contributed by atoms with Crippen LogP contribution in [-0.4, -0.2) is 0 Å². The summed E-state index contributed by atoms with van der Waals surface area (Å²) >= 11 is 0. The van der Waals surface area contributed by atoms with E-state index in [1.54, 1.807) is 24.3 Å². The number of nitrogens with zero attached hydrogens (tertiary/aromatic N) is 2. The summed E-state index contributed by atoms with van der Waals surface area (Å²) in [7, 11) is 0. The number of furan rings is 2. The highest BCUT2D eigenvalue weighted by molar-refractivity contribution is 6.26. The van der Waals surface area contributed by atoms with Crippen LogP contribution in [0.2, 0.25) is 0 Å². The first-order chi connectivity index (χ1) is 39.5. The molecule has 0 atom stereocenters. The van der Waals surface area contributed by atoms with Crippen molar-refractivity contribution in [3.8, 4) is 11.1 Å². The van der Waals surface area contributed by atoms with Gasteiger partial charge in [0.05, 0.1) is 22.2 Å². The van der Waals surface area contributed by atoms with Crippen molar-refractivity contribution in [3.05, 3.63) is 262 Å². The summed E-state index contributed by atoms with van der Waals surface area (Å²) in [6.45, 7) is 26.9. The fourth-order valence-corrected chi connectivity index (χ4v) is 12.8. The highest BCUT2D eigenvalue weighted by atomic mass is 19.1. The van der Waals surface area contributed by atoms with Crippen molar-refractivity contribution in [2.75, 3.05) is 9.80 Å². The Bertz CT molecular complexity index is 4280. The molecule has 0 amide bonds. The summed E-state index contributed by atoms with van der Waals surface area (Å²) in [4.78, 5) is 4.68. The minimum Gasteiger partial charge on any atom is -0.455 e. The van der Waals surface area contributed by atoms with Crippen molar-refractivity contribution in [2.45, 2.75) is 110 Å². The third-order valence-corrected chi connectivity index (χ3v) is 17.3. The molecule has 0 spiro atoms. The molecule has 2 heterocycles. The third kappa shape index (κ3) is 8.83. The molecule has 0 radical (unpaired) electrons. The largest absolute Gasteiger partial charge is 0.455 e. The van der Waals surface area contributed by atoms with Crippen molar-refractivity contribution in [1.82, 2.24) is 0 Å². The summed E-state index contributed by atoms with van der Waals surface area (Å²) in [6, 6.07) is 70.7. The second-order valence-corrected chi connectivity index (χ2v) is 26.9. The highest BCUT2D eigenvalue weighted by Gasteiger charge is 2.51. The summed E-state index contributed by atoms with van der Waals surface area (Å²) in [5.41, 5.74) is 16.9. The number of fused-ring (bicyclic) bond motifs is 11. The van der Waals surface area contributed by atoms with E-state index in [1.165, 1.54) is 22.3 Å². The quantitative estimate of drug-likeness (QED) is 0.152. The van der Waals surface area contributed by atoms with Crippen LogP contribution in [0.25, 0.3) is 55.0 Å². The molecule has 12 aromatic rings. The molecule has 0 unspecified atom stereocenters. The Kier molecular flexibility index (Phi) is 12.4. The lowest BCUT2D eigenvalue weighted by molar-refractivity contribution is 0.590. The van der Waals surface area contributed by atoms with E-state index in [9.17, 15) is 0 Å². The van der Waals surface area contributed by atoms with Gasteiger partial charge >= 0.3 is 0 Å². The molecule has 1 aliphatic rings. The minimum atomic E-state index is -1.23. The van der Waals surface area contributed by atoms with E-state index < -0.39 is 5.41 Å². The maximum absolute atomic E-state index is 15.8. The van der Waals surface area contributed by atoms with Crippen LogP contribution in [0.15, 0.2) is 215 Å². The van der Waals surface area contributed by atoms with Crippen LogP contribution in [0.3, 0.4) is 0 Å².